The molecule has 3 N–H and O–H groups in total. The Morgan fingerprint density at radius 3 is 2.59 bits per heavy atom. The first-order valence-electron chi connectivity index (χ1n) is 7.74. The lowest BCUT2D eigenvalue weighted by Gasteiger charge is -2.37. The third-order valence-corrected chi connectivity index (χ3v) is 4.07. The molecular formula is C17H28BN2O2. The van der Waals surface area contributed by atoms with Crippen molar-refractivity contribution in [2.45, 2.75) is 65.6 Å². The molecule has 0 atom stereocenters. The first kappa shape index (κ1) is 18.7. The van der Waals surface area contributed by atoms with Gasteiger partial charge in [0.15, 0.2) is 0 Å². The van der Waals surface area contributed by atoms with Crippen molar-refractivity contribution in [2.75, 3.05) is 5.73 Å². The Kier molecular flexibility index (Phi) is 6.21. The van der Waals surface area contributed by atoms with E-state index >= 15 is 0 Å². The zero-order chi connectivity index (χ0) is 17.0. The maximum Gasteiger partial charge on any atom is 0.332 e. The van der Waals surface area contributed by atoms with E-state index in [0.717, 1.165) is 29.4 Å². The Bertz CT molecular complexity index is 534. The van der Waals surface area contributed by atoms with Crippen LogP contribution >= 0.6 is 0 Å². The summed E-state index contributed by atoms with van der Waals surface area (Å²) in [4.78, 5) is 4.23. The van der Waals surface area contributed by atoms with Gasteiger partial charge in [0.05, 0.1) is 11.2 Å². The highest BCUT2D eigenvalue weighted by molar-refractivity contribution is 6.47. The van der Waals surface area contributed by atoms with Crippen LogP contribution in [0.1, 0.15) is 59.9 Å². The summed E-state index contributed by atoms with van der Waals surface area (Å²) in [6, 6.07) is 1.96. The summed E-state index contributed by atoms with van der Waals surface area (Å²) in [5.74, 6) is 0.517. The molecule has 0 aliphatic carbocycles. The van der Waals surface area contributed by atoms with Crippen LogP contribution in [0.25, 0.3) is 5.57 Å². The third kappa shape index (κ3) is 4.85. The van der Waals surface area contributed by atoms with E-state index in [1.54, 1.807) is 27.5 Å². The molecule has 22 heavy (non-hydrogen) atoms. The minimum absolute atomic E-state index is 0.517. The molecule has 1 heterocycles. The van der Waals surface area contributed by atoms with Gasteiger partial charge in [-0.15, -0.1) is 0 Å². The van der Waals surface area contributed by atoms with Gasteiger partial charge in [0.1, 0.15) is 5.82 Å². The lowest BCUT2D eigenvalue weighted by Crippen LogP contribution is -2.49. The highest BCUT2D eigenvalue weighted by Crippen LogP contribution is 2.24. The van der Waals surface area contributed by atoms with Gasteiger partial charge in [-0.2, -0.15) is 0 Å². The summed E-state index contributed by atoms with van der Waals surface area (Å²) < 4.78 is 5.76. The van der Waals surface area contributed by atoms with Crippen LogP contribution in [0.4, 0.5) is 5.82 Å². The number of aromatic nitrogens is 1. The first-order valence-corrected chi connectivity index (χ1v) is 7.74. The standard InChI is InChI=1S/C17H28BN2O2/c1-7-8-9-12(2)14-10-13(11-20-15(14)19)18-22-17(5,6)16(3,4)21/h9-11,21H,7-8H2,1-6H3,(H2,19,20)/b12-9-. The molecule has 0 unspecified atom stereocenters. The van der Waals surface area contributed by atoms with Gasteiger partial charge < -0.3 is 15.5 Å². The molecule has 0 spiro atoms. The first-order chi connectivity index (χ1) is 10.1. The van der Waals surface area contributed by atoms with Crippen LogP contribution in [0, 0.1) is 0 Å². The third-order valence-electron chi connectivity index (χ3n) is 4.07. The van der Waals surface area contributed by atoms with Gasteiger partial charge in [0.25, 0.3) is 0 Å². The molecule has 1 radical (unpaired) electrons. The predicted octanol–water partition coefficient (Wildman–Crippen LogP) is 2.68. The second-order valence-electron chi connectivity index (χ2n) is 6.68. The van der Waals surface area contributed by atoms with Crippen LogP contribution < -0.4 is 11.2 Å². The van der Waals surface area contributed by atoms with Crippen molar-refractivity contribution < 1.29 is 9.76 Å². The molecule has 0 aliphatic heterocycles. The zero-order valence-corrected chi connectivity index (χ0v) is 14.6. The van der Waals surface area contributed by atoms with Crippen LogP contribution in [0.15, 0.2) is 18.3 Å². The van der Waals surface area contributed by atoms with Crippen LogP contribution in [0.2, 0.25) is 0 Å². The van der Waals surface area contributed by atoms with E-state index < -0.39 is 11.2 Å². The molecule has 0 aliphatic rings. The van der Waals surface area contributed by atoms with E-state index in [4.69, 9.17) is 10.4 Å². The van der Waals surface area contributed by atoms with Crippen molar-refractivity contribution in [2.24, 2.45) is 0 Å². The Hall–Kier alpha value is -1.33. The van der Waals surface area contributed by atoms with Crippen LogP contribution in [0.5, 0.6) is 0 Å². The number of hydrogen-bond donors (Lipinski definition) is 2. The summed E-state index contributed by atoms with van der Waals surface area (Å²) in [6.45, 7) is 11.3. The predicted molar refractivity (Wildman–Crippen MR) is 94.1 cm³/mol. The largest absolute Gasteiger partial charge is 0.427 e. The number of nitrogens with two attached hydrogens (primary N) is 1. The maximum atomic E-state index is 10.1. The number of hydrogen-bond acceptors (Lipinski definition) is 4. The second-order valence-corrected chi connectivity index (χ2v) is 6.68. The Morgan fingerprint density at radius 2 is 2.05 bits per heavy atom. The monoisotopic (exact) mass is 303 g/mol. The molecule has 0 saturated carbocycles. The summed E-state index contributed by atoms with van der Waals surface area (Å²) in [5, 5.41) is 10.1. The summed E-state index contributed by atoms with van der Waals surface area (Å²) in [5.41, 5.74) is 7.17. The highest BCUT2D eigenvalue weighted by atomic mass is 16.5. The molecule has 0 fully saturated rings. The van der Waals surface area contributed by atoms with Gasteiger partial charge in [-0.05, 0) is 52.1 Å². The minimum Gasteiger partial charge on any atom is -0.427 e. The van der Waals surface area contributed by atoms with Gasteiger partial charge in [0.2, 0.25) is 0 Å². The number of unbranched alkanes of at least 4 members (excludes halogenated alkanes) is 1. The molecule has 0 amide bonds. The fourth-order valence-electron chi connectivity index (χ4n) is 1.70. The molecule has 5 heteroatoms. The molecule has 0 saturated heterocycles. The Labute approximate surface area is 135 Å². The van der Waals surface area contributed by atoms with Crippen molar-refractivity contribution in [1.82, 2.24) is 4.98 Å². The highest BCUT2D eigenvalue weighted by Gasteiger charge is 2.35. The van der Waals surface area contributed by atoms with E-state index in [-0.39, 0.29) is 0 Å². The zero-order valence-electron chi connectivity index (χ0n) is 14.6. The quantitative estimate of drug-likeness (QED) is 0.760. The maximum absolute atomic E-state index is 10.1. The van der Waals surface area contributed by atoms with Gasteiger partial charge in [-0.1, -0.05) is 25.5 Å². The van der Waals surface area contributed by atoms with Crippen molar-refractivity contribution in [3.63, 3.8) is 0 Å². The molecule has 4 nitrogen and oxygen atoms in total. The van der Waals surface area contributed by atoms with E-state index in [2.05, 4.69) is 18.0 Å². The normalized spacial score (nSPS) is 13.3. The fourth-order valence-corrected chi connectivity index (χ4v) is 1.70. The number of nitrogen functional groups attached to an aromatic ring is 1. The lowest BCUT2D eigenvalue weighted by atomic mass is 9.82. The second kappa shape index (κ2) is 7.29. The number of pyridine rings is 1. The summed E-state index contributed by atoms with van der Waals surface area (Å²) in [7, 11) is 1.63. The minimum atomic E-state index is -0.954. The van der Waals surface area contributed by atoms with Crippen LogP contribution in [-0.4, -0.2) is 28.8 Å². The number of anilines is 1. The van der Waals surface area contributed by atoms with Crippen LogP contribution in [0.3, 0.4) is 0 Å². The topological polar surface area (TPSA) is 68.4 Å². The van der Waals surface area contributed by atoms with Crippen LogP contribution in [-0.2, 0) is 4.65 Å². The molecule has 1 aromatic heterocycles. The Balaban J connectivity index is 2.91. The van der Waals surface area contributed by atoms with E-state index in [1.165, 1.54) is 0 Å². The Morgan fingerprint density at radius 1 is 1.41 bits per heavy atom. The van der Waals surface area contributed by atoms with Crippen molar-refractivity contribution in [3.05, 3.63) is 23.9 Å². The van der Waals surface area contributed by atoms with E-state index in [9.17, 15) is 5.11 Å². The molecule has 1 rings (SSSR count). The molecular weight excluding hydrogens is 275 g/mol. The average Bonchev–Trinajstić information content (AvgIpc) is 2.42. The number of rotatable bonds is 7. The van der Waals surface area contributed by atoms with Crippen molar-refractivity contribution in [1.29, 1.82) is 0 Å². The number of nitrogens with zero attached hydrogens (tertiary/aromatic N) is 1. The number of aliphatic hydroxyl groups is 1. The summed E-state index contributed by atoms with van der Waals surface area (Å²) in [6.07, 6.45) is 5.95. The SMILES string of the molecule is CCC/C=C(/C)c1cc([B]OC(C)(C)C(C)(C)O)cnc1N. The van der Waals surface area contributed by atoms with E-state index in [1.807, 2.05) is 26.8 Å². The van der Waals surface area contributed by atoms with E-state index in [0.29, 0.717) is 5.82 Å². The summed E-state index contributed by atoms with van der Waals surface area (Å²) >= 11 is 0. The molecule has 121 valence electrons. The lowest BCUT2D eigenvalue weighted by molar-refractivity contribution is -0.0893. The molecule has 0 bridgehead atoms. The average molecular weight is 303 g/mol. The molecule has 1 aromatic rings. The van der Waals surface area contributed by atoms with Gasteiger partial charge in [-0.25, -0.2) is 4.98 Å². The smallest absolute Gasteiger partial charge is 0.332 e. The van der Waals surface area contributed by atoms with Gasteiger partial charge in [0, 0.05) is 11.8 Å². The van der Waals surface area contributed by atoms with Gasteiger partial charge in [-0.3, -0.25) is 0 Å². The number of allylic oxidation sites excluding steroid dienone is 2. The van der Waals surface area contributed by atoms with Gasteiger partial charge >= 0.3 is 7.48 Å². The van der Waals surface area contributed by atoms with Crippen molar-refractivity contribution >= 4 is 24.3 Å². The fraction of sp³-hybridized carbons (Fsp3) is 0.588. The molecule has 0 aromatic carbocycles. The van der Waals surface area contributed by atoms with Crippen molar-refractivity contribution in [3.8, 4) is 0 Å².